The maximum absolute atomic E-state index is 12.3. The molecule has 0 fully saturated rings. The van der Waals surface area contributed by atoms with Crippen LogP contribution >= 0.6 is 22.9 Å². The number of nitrogens with zero attached hydrogens (tertiary/aromatic N) is 2. The summed E-state index contributed by atoms with van der Waals surface area (Å²) in [4.78, 5) is 21.3. The molecule has 0 aliphatic heterocycles. The predicted molar refractivity (Wildman–Crippen MR) is 76.7 cm³/mol. The third-order valence-electron chi connectivity index (χ3n) is 2.61. The van der Waals surface area contributed by atoms with Crippen LogP contribution in [-0.4, -0.2) is 15.8 Å². The van der Waals surface area contributed by atoms with Gasteiger partial charge in [0.1, 0.15) is 16.0 Å². The lowest BCUT2D eigenvalue weighted by Crippen LogP contribution is -2.03. The van der Waals surface area contributed by atoms with Crippen molar-refractivity contribution in [3.63, 3.8) is 0 Å². The van der Waals surface area contributed by atoms with Crippen LogP contribution in [-0.2, 0) is 0 Å². The molecule has 0 aliphatic rings. The molecule has 0 aliphatic carbocycles. The molecule has 6 heteroatoms. The zero-order valence-corrected chi connectivity index (χ0v) is 11.2. The molecule has 0 saturated heterocycles. The SMILES string of the molecule is Nc1nc2ccc(C(=O)c3ccc(Cl)cc3)nc2s1. The van der Waals surface area contributed by atoms with E-state index in [1.807, 2.05) is 0 Å². The van der Waals surface area contributed by atoms with Gasteiger partial charge in [0, 0.05) is 10.6 Å². The minimum atomic E-state index is -0.148. The van der Waals surface area contributed by atoms with Gasteiger partial charge in [0.2, 0.25) is 5.78 Å². The molecule has 19 heavy (non-hydrogen) atoms. The number of anilines is 1. The van der Waals surface area contributed by atoms with Gasteiger partial charge in [-0.15, -0.1) is 0 Å². The van der Waals surface area contributed by atoms with Crippen LogP contribution < -0.4 is 5.73 Å². The number of aromatic nitrogens is 2. The van der Waals surface area contributed by atoms with Crippen molar-refractivity contribution in [3.8, 4) is 0 Å². The van der Waals surface area contributed by atoms with Gasteiger partial charge in [-0.3, -0.25) is 4.79 Å². The normalized spacial score (nSPS) is 10.8. The molecule has 0 saturated carbocycles. The fourth-order valence-electron chi connectivity index (χ4n) is 1.71. The molecule has 0 spiro atoms. The van der Waals surface area contributed by atoms with Gasteiger partial charge in [-0.2, -0.15) is 0 Å². The van der Waals surface area contributed by atoms with Crippen LogP contribution in [0.5, 0.6) is 0 Å². The second-order valence-electron chi connectivity index (χ2n) is 3.91. The van der Waals surface area contributed by atoms with Gasteiger partial charge >= 0.3 is 0 Å². The molecule has 0 radical (unpaired) electrons. The molecule has 2 N–H and O–H groups in total. The highest BCUT2D eigenvalue weighted by molar-refractivity contribution is 7.21. The number of benzene rings is 1. The van der Waals surface area contributed by atoms with Gasteiger partial charge in [0.05, 0.1) is 0 Å². The minimum Gasteiger partial charge on any atom is -0.375 e. The second-order valence-corrected chi connectivity index (χ2v) is 5.35. The highest BCUT2D eigenvalue weighted by Crippen LogP contribution is 2.22. The molecule has 0 amide bonds. The summed E-state index contributed by atoms with van der Waals surface area (Å²) in [5.74, 6) is -0.148. The van der Waals surface area contributed by atoms with Crippen LogP contribution in [0.2, 0.25) is 5.02 Å². The van der Waals surface area contributed by atoms with Crippen LogP contribution in [0, 0.1) is 0 Å². The number of carbonyl (C=O) groups excluding carboxylic acids is 1. The molecule has 3 rings (SSSR count). The van der Waals surface area contributed by atoms with Crippen LogP contribution in [0.1, 0.15) is 16.1 Å². The van der Waals surface area contributed by atoms with Crippen molar-refractivity contribution >= 4 is 44.2 Å². The van der Waals surface area contributed by atoms with Crippen LogP contribution in [0.15, 0.2) is 36.4 Å². The Morgan fingerprint density at radius 3 is 2.58 bits per heavy atom. The third kappa shape index (κ3) is 2.30. The number of nitrogens with two attached hydrogens (primary N) is 1. The smallest absolute Gasteiger partial charge is 0.211 e. The Labute approximate surface area is 117 Å². The monoisotopic (exact) mass is 289 g/mol. The Morgan fingerprint density at radius 2 is 1.84 bits per heavy atom. The van der Waals surface area contributed by atoms with Gasteiger partial charge < -0.3 is 5.73 Å². The zero-order valence-electron chi connectivity index (χ0n) is 9.63. The number of nitrogen functional groups attached to an aromatic ring is 1. The molecule has 94 valence electrons. The summed E-state index contributed by atoms with van der Waals surface area (Å²) in [7, 11) is 0. The van der Waals surface area contributed by atoms with E-state index in [2.05, 4.69) is 9.97 Å². The standard InChI is InChI=1S/C13H8ClN3OS/c14-8-3-1-7(2-4-8)11(18)9-5-6-10-12(16-9)19-13(15)17-10/h1-6H,(H2,15,17). The summed E-state index contributed by atoms with van der Waals surface area (Å²) in [6.45, 7) is 0. The first-order valence-corrected chi connectivity index (χ1v) is 6.66. The van der Waals surface area contributed by atoms with Crippen LogP contribution in [0.3, 0.4) is 0 Å². The van der Waals surface area contributed by atoms with Crippen LogP contribution in [0.25, 0.3) is 10.3 Å². The number of rotatable bonds is 2. The van der Waals surface area contributed by atoms with E-state index < -0.39 is 0 Å². The lowest BCUT2D eigenvalue weighted by Gasteiger charge is -2.00. The average Bonchev–Trinajstić information content (AvgIpc) is 2.77. The molecular weight excluding hydrogens is 282 g/mol. The van der Waals surface area contributed by atoms with E-state index in [-0.39, 0.29) is 5.78 Å². The summed E-state index contributed by atoms with van der Waals surface area (Å²) in [6.07, 6.45) is 0. The maximum atomic E-state index is 12.3. The lowest BCUT2D eigenvalue weighted by molar-refractivity contribution is 0.103. The molecule has 4 nitrogen and oxygen atoms in total. The molecule has 2 heterocycles. The van der Waals surface area contributed by atoms with Crippen molar-refractivity contribution in [2.75, 3.05) is 5.73 Å². The number of carbonyl (C=O) groups is 1. The summed E-state index contributed by atoms with van der Waals surface area (Å²) >= 11 is 7.06. The first-order chi connectivity index (χ1) is 9.13. The third-order valence-corrected chi connectivity index (χ3v) is 3.66. The Bertz CT molecular complexity index is 767. The molecule has 0 atom stereocenters. The Hall–Kier alpha value is -1.98. The summed E-state index contributed by atoms with van der Waals surface area (Å²) in [6, 6.07) is 10.1. The number of thiazole rings is 1. The molecule has 0 unspecified atom stereocenters. The number of hydrogen-bond donors (Lipinski definition) is 1. The van der Waals surface area contributed by atoms with E-state index in [0.29, 0.717) is 31.8 Å². The number of pyridine rings is 1. The fraction of sp³-hybridized carbons (Fsp3) is 0. The molecule has 2 aromatic heterocycles. The molecule has 1 aromatic carbocycles. The molecular formula is C13H8ClN3OS. The average molecular weight is 290 g/mol. The molecule has 0 bridgehead atoms. The van der Waals surface area contributed by atoms with Crippen molar-refractivity contribution in [3.05, 3.63) is 52.7 Å². The Balaban J connectivity index is 2.03. The lowest BCUT2D eigenvalue weighted by atomic mass is 10.1. The largest absolute Gasteiger partial charge is 0.375 e. The van der Waals surface area contributed by atoms with Gasteiger partial charge in [0.25, 0.3) is 0 Å². The maximum Gasteiger partial charge on any atom is 0.211 e. The molecule has 3 aromatic rings. The van der Waals surface area contributed by atoms with Gasteiger partial charge in [-0.1, -0.05) is 22.9 Å². The van der Waals surface area contributed by atoms with Crippen molar-refractivity contribution in [2.45, 2.75) is 0 Å². The van der Waals surface area contributed by atoms with Crippen molar-refractivity contribution < 1.29 is 4.79 Å². The number of ketones is 1. The van der Waals surface area contributed by atoms with Crippen molar-refractivity contribution in [2.24, 2.45) is 0 Å². The Morgan fingerprint density at radius 1 is 1.11 bits per heavy atom. The number of fused-ring (bicyclic) bond motifs is 1. The van der Waals surface area contributed by atoms with Gasteiger partial charge in [-0.25, -0.2) is 9.97 Å². The van der Waals surface area contributed by atoms with E-state index in [1.165, 1.54) is 11.3 Å². The Kier molecular flexibility index (Phi) is 2.93. The summed E-state index contributed by atoms with van der Waals surface area (Å²) in [5, 5.41) is 1.04. The quantitative estimate of drug-likeness (QED) is 0.736. The van der Waals surface area contributed by atoms with Crippen LogP contribution in [0.4, 0.5) is 5.13 Å². The van der Waals surface area contributed by atoms with E-state index in [1.54, 1.807) is 36.4 Å². The number of hydrogen-bond acceptors (Lipinski definition) is 5. The highest BCUT2D eigenvalue weighted by atomic mass is 35.5. The van der Waals surface area contributed by atoms with Gasteiger partial charge in [-0.05, 0) is 36.4 Å². The van der Waals surface area contributed by atoms with Crippen molar-refractivity contribution in [1.29, 1.82) is 0 Å². The summed E-state index contributed by atoms with van der Waals surface area (Å²) in [5.41, 5.74) is 7.24. The minimum absolute atomic E-state index is 0.148. The van der Waals surface area contributed by atoms with E-state index >= 15 is 0 Å². The topological polar surface area (TPSA) is 68.9 Å². The number of halogens is 1. The highest BCUT2D eigenvalue weighted by Gasteiger charge is 2.12. The fourth-order valence-corrected chi connectivity index (χ4v) is 2.54. The first-order valence-electron chi connectivity index (χ1n) is 5.47. The first kappa shape index (κ1) is 12.1. The van der Waals surface area contributed by atoms with E-state index in [0.717, 1.165) is 0 Å². The second kappa shape index (κ2) is 4.60. The zero-order chi connectivity index (χ0) is 13.4. The van der Waals surface area contributed by atoms with E-state index in [4.69, 9.17) is 17.3 Å². The van der Waals surface area contributed by atoms with Gasteiger partial charge in [0.15, 0.2) is 5.13 Å². The van der Waals surface area contributed by atoms with E-state index in [9.17, 15) is 4.79 Å². The van der Waals surface area contributed by atoms with Crippen molar-refractivity contribution in [1.82, 2.24) is 9.97 Å². The predicted octanol–water partition coefficient (Wildman–Crippen LogP) is 3.16. The summed E-state index contributed by atoms with van der Waals surface area (Å²) < 4.78 is 0.